The molecule has 0 aliphatic carbocycles. The summed E-state index contributed by atoms with van der Waals surface area (Å²) in [6, 6.07) is 10.0. The summed E-state index contributed by atoms with van der Waals surface area (Å²) in [6.07, 6.45) is 0.403. The highest BCUT2D eigenvalue weighted by molar-refractivity contribution is 7.19. The van der Waals surface area contributed by atoms with Gasteiger partial charge in [0.15, 0.2) is 5.13 Å². The molecule has 0 radical (unpaired) electrons. The normalized spacial score (nSPS) is 10.8. The molecular formula is C18H9ClF2N4O2S. The average molecular weight is 419 g/mol. The third-order valence-corrected chi connectivity index (χ3v) is 5.08. The van der Waals surface area contributed by atoms with Gasteiger partial charge in [0.1, 0.15) is 16.8 Å². The van der Waals surface area contributed by atoms with Crippen molar-refractivity contribution in [1.29, 1.82) is 0 Å². The van der Waals surface area contributed by atoms with Gasteiger partial charge >= 0.3 is 0 Å². The zero-order valence-electron chi connectivity index (χ0n) is 13.8. The number of carbonyl (C=O) groups is 1. The molecular weight excluding hydrogens is 410 g/mol. The molecule has 28 heavy (non-hydrogen) atoms. The van der Waals surface area contributed by atoms with E-state index in [2.05, 4.69) is 20.4 Å². The molecule has 2 aromatic heterocycles. The Kier molecular flexibility index (Phi) is 4.84. The zero-order valence-corrected chi connectivity index (χ0v) is 15.4. The van der Waals surface area contributed by atoms with Crippen LogP contribution < -0.4 is 5.32 Å². The quantitative estimate of drug-likeness (QED) is 0.440. The Balaban J connectivity index is 1.76. The molecule has 0 saturated heterocycles. The number of anilines is 2. The van der Waals surface area contributed by atoms with Crippen LogP contribution in [-0.4, -0.2) is 21.4 Å². The van der Waals surface area contributed by atoms with Crippen LogP contribution in [0.1, 0.15) is 10.7 Å². The Labute approximate surface area is 165 Å². The second-order valence-corrected chi connectivity index (χ2v) is 6.86. The fourth-order valence-electron chi connectivity index (χ4n) is 2.50. The molecule has 2 aromatic carbocycles. The lowest BCUT2D eigenvalue weighted by atomic mass is 10.1. The third kappa shape index (κ3) is 3.49. The first-order valence-electron chi connectivity index (χ1n) is 7.82. The van der Waals surface area contributed by atoms with E-state index in [9.17, 15) is 13.6 Å². The molecule has 140 valence electrons. The van der Waals surface area contributed by atoms with Crippen molar-refractivity contribution in [3.05, 3.63) is 65.1 Å². The van der Waals surface area contributed by atoms with Crippen LogP contribution in [0.5, 0.6) is 0 Å². The first kappa shape index (κ1) is 18.2. The summed E-state index contributed by atoms with van der Waals surface area (Å²) < 4.78 is 32.5. The number of rotatable bonds is 5. The molecule has 10 heteroatoms. The van der Waals surface area contributed by atoms with Gasteiger partial charge in [-0.1, -0.05) is 40.2 Å². The fraction of sp³-hybridized carbons (Fsp3) is 0. The number of hydrogen-bond acceptors (Lipinski definition) is 7. The second kappa shape index (κ2) is 7.45. The van der Waals surface area contributed by atoms with Gasteiger partial charge in [-0.15, -0.1) is 0 Å². The van der Waals surface area contributed by atoms with E-state index in [1.165, 1.54) is 24.3 Å². The number of nitrogens with one attached hydrogen (secondary N) is 1. The summed E-state index contributed by atoms with van der Waals surface area (Å²) in [5.74, 6) is -1.10. The maximum absolute atomic E-state index is 14.7. The van der Waals surface area contributed by atoms with Crippen molar-refractivity contribution in [2.75, 3.05) is 5.32 Å². The summed E-state index contributed by atoms with van der Waals surface area (Å²) in [5, 5.41) is 7.16. The number of carbonyl (C=O) groups excluding carboxylic acids is 1. The van der Waals surface area contributed by atoms with Crippen molar-refractivity contribution in [2.45, 2.75) is 0 Å². The van der Waals surface area contributed by atoms with E-state index in [0.717, 1.165) is 11.3 Å². The predicted molar refractivity (Wildman–Crippen MR) is 101 cm³/mol. The highest BCUT2D eigenvalue weighted by atomic mass is 35.5. The molecule has 6 nitrogen and oxygen atoms in total. The Morgan fingerprint density at radius 2 is 1.89 bits per heavy atom. The van der Waals surface area contributed by atoms with Gasteiger partial charge in [-0.05, 0) is 30.3 Å². The lowest BCUT2D eigenvalue weighted by Gasteiger charge is -2.06. The van der Waals surface area contributed by atoms with Crippen LogP contribution in [0.2, 0.25) is 5.15 Å². The Morgan fingerprint density at radius 3 is 2.61 bits per heavy atom. The lowest BCUT2D eigenvalue weighted by molar-refractivity contribution is 0.108. The molecule has 0 bridgehead atoms. The maximum atomic E-state index is 14.7. The summed E-state index contributed by atoms with van der Waals surface area (Å²) in [4.78, 5) is 19.2. The standard InChI is InChI=1S/C18H9ClF2N4O2S/c19-16-15(28-18(24-16)22-10-6-4-9(20)5-7-10)14-11(2-1-3-12(14)21)17-23-13(8-26)27-25-17/h1-8H,(H,22,24). The molecule has 0 spiro atoms. The molecule has 1 N–H and O–H groups in total. The first-order valence-corrected chi connectivity index (χ1v) is 9.01. The van der Waals surface area contributed by atoms with E-state index in [4.69, 9.17) is 16.1 Å². The van der Waals surface area contributed by atoms with E-state index in [1.54, 1.807) is 18.2 Å². The molecule has 0 saturated carbocycles. The Bertz CT molecular complexity index is 1160. The first-order chi connectivity index (χ1) is 13.5. The molecule has 0 unspecified atom stereocenters. The van der Waals surface area contributed by atoms with E-state index >= 15 is 0 Å². The van der Waals surface area contributed by atoms with Crippen LogP contribution >= 0.6 is 22.9 Å². The minimum absolute atomic E-state index is 0.0501. The monoisotopic (exact) mass is 418 g/mol. The molecule has 0 aliphatic rings. The second-order valence-electron chi connectivity index (χ2n) is 5.51. The smallest absolute Gasteiger partial charge is 0.291 e. The molecule has 2 heterocycles. The minimum atomic E-state index is -0.561. The van der Waals surface area contributed by atoms with Crippen LogP contribution in [0, 0.1) is 11.6 Å². The molecule has 0 aliphatic heterocycles. The van der Waals surface area contributed by atoms with Gasteiger partial charge in [-0.2, -0.15) is 4.98 Å². The number of aromatic nitrogens is 3. The Hall–Kier alpha value is -3.17. The largest absolute Gasteiger partial charge is 0.331 e. The molecule has 4 aromatic rings. The van der Waals surface area contributed by atoms with Crippen molar-refractivity contribution in [3.63, 3.8) is 0 Å². The number of thiazole rings is 1. The van der Waals surface area contributed by atoms with E-state index in [1.807, 2.05) is 0 Å². The number of hydrogen-bond donors (Lipinski definition) is 1. The third-order valence-electron chi connectivity index (χ3n) is 3.71. The minimum Gasteiger partial charge on any atom is -0.331 e. The van der Waals surface area contributed by atoms with Crippen LogP contribution in [0.4, 0.5) is 19.6 Å². The molecule has 0 fully saturated rings. The Morgan fingerprint density at radius 1 is 1.11 bits per heavy atom. The van der Waals surface area contributed by atoms with Gasteiger partial charge in [-0.3, -0.25) is 4.79 Å². The highest BCUT2D eigenvalue weighted by Crippen LogP contribution is 2.42. The van der Waals surface area contributed by atoms with E-state index in [0.29, 0.717) is 27.5 Å². The predicted octanol–water partition coefficient (Wildman–Crippen LogP) is 5.35. The van der Waals surface area contributed by atoms with Gasteiger partial charge in [-0.25, -0.2) is 13.8 Å². The van der Waals surface area contributed by atoms with Crippen LogP contribution in [-0.2, 0) is 0 Å². The van der Waals surface area contributed by atoms with Crippen LogP contribution in [0.15, 0.2) is 47.0 Å². The van der Waals surface area contributed by atoms with Crippen molar-refractivity contribution >= 4 is 40.0 Å². The number of halogens is 3. The maximum Gasteiger partial charge on any atom is 0.291 e. The highest BCUT2D eigenvalue weighted by Gasteiger charge is 2.22. The lowest BCUT2D eigenvalue weighted by Crippen LogP contribution is -1.90. The number of nitrogens with zero attached hydrogens (tertiary/aromatic N) is 3. The van der Waals surface area contributed by atoms with Crippen molar-refractivity contribution < 1.29 is 18.1 Å². The van der Waals surface area contributed by atoms with Gasteiger partial charge in [0.2, 0.25) is 12.1 Å². The number of benzene rings is 2. The van der Waals surface area contributed by atoms with Crippen molar-refractivity contribution in [2.24, 2.45) is 0 Å². The molecule has 0 amide bonds. The average Bonchev–Trinajstić information content (AvgIpc) is 3.30. The number of aldehydes is 1. The summed E-state index contributed by atoms with van der Waals surface area (Å²) in [5.41, 5.74) is 1.03. The van der Waals surface area contributed by atoms with Crippen molar-refractivity contribution in [3.8, 4) is 21.8 Å². The van der Waals surface area contributed by atoms with Gasteiger partial charge < -0.3 is 9.84 Å². The van der Waals surface area contributed by atoms with Gasteiger partial charge in [0.05, 0.1) is 4.88 Å². The zero-order chi connectivity index (χ0) is 19.7. The summed E-state index contributed by atoms with van der Waals surface area (Å²) >= 11 is 7.35. The van der Waals surface area contributed by atoms with E-state index < -0.39 is 5.82 Å². The van der Waals surface area contributed by atoms with Gasteiger partial charge in [0, 0.05) is 16.8 Å². The van der Waals surface area contributed by atoms with Crippen LogP contribution in [0.3, 0.4) is 0 Å². The van der Waals surface area contributed by atoms with Gasteiger partial charge in [0.25, 0.3) is 5.89 Å². The topological polar surface area (TPSA) is 80.9 Å². The van der Waals surface area contributed by atoms with E-state index in [-0.39, 0.29) is 28.2 Å². The fourth-order valence-corrected chi connectivity index (χ4v) is 3.78. The van der Waals surface area contributed by atoms with Crippen molar-refractivity contribution in [1.82, 2.24) is 15.1 Å². The summed E-state index contributed by atoms with van der Waals surface area (Å²) in [6.45, 7) is 0. The summed E-state index contributed by atoms with van der Waals surface area (Å²) in [7, 11) is 0. The molecule has 4 rings (SSSR count). The SMILES string of the molecule is O=Cc1nc(-c2cccc(F)c2-c2sc(Nc3ccc(F)cc3)nc2Cl)no1. The van der Waals surface area contributed by atoms with Crippen LogP contribution in [0.25, 0.3) is 21.8 Å². The molecule has 0 atom stereocenters.